The molecule has 0 aliphatic carbocycles. The molecule has 5 nitrogen and oxygen atoms in total. The van der Waals surface area contributed by atoms with Crippen molar-refractivity contribution < 1.29 is 4.39 Å². The van der Waals surface area contributed by atoms with Crippen molar-refractivity contribution in [1.29, 1.82) is 0 Å². The lowest BCUT2D eigenvalue weighted by Crippen LogP contribution is -2.04. The van der Waals surface area contributed by atoms with Crippen LogP contribution >= 0.6 is 0 Å². The molecule has 2 aromatic heterocycles. The summed E-state index contributed by atoms with van der Waals surface area (Å²) < 4.78 is 15.7. The van der Waals surface area contributed by atoms with E-state index < -0.39 is 0 Å². The van der Waals surface area contributed by atoms with Gasteiger partial charge < -0.3 is 5.32 Å². The average Bonchev–Trinajstić information content (AvgIpc) is 2.99. The number of aromatic nitrogens is 4. The van der Waals surface area contributed by atoms with Crippen LogP contribution < -0.4 is 5.32 Å². The third-order valence-electron chi connectivity index (χ3n) is 4.30. The van der Waals surface area contributed by atoms with E-state index in [4.69, 9.17) is 0 Å². The molecule has 0 aliphatic heterocycles. The lowest BCUT2D eigenvalue weighted by atomic mass is 10.1. The van der Waals surface area contributed by atoms with Crippen molar-refractivity contribution in [2.75, 3.05) is 5.32 Å². The van der Waals surface area contributed by atoms with Crippen LogP contribution in [-0.4, -0.2) is 19.7 Å². The minimum atomic E-state index is -0.343. The molecule has 0 unspecified atom stereocenters. The van der Waals surface area contributed by atoms with Gasteiger partial charge in [0.1, 0.15) is 23.6 Å². The molecular weight excluding hydrogens is 329 g/mol. The van der Waals surface area contributed by atoms with Crippen molar-refractivity contribution in [3.05, 3.63) is 77.5 Å². The highest BCUT2D eigenvalue weighted by atomic mass is 19.1. The molecule has 0 atom stereocenters. The second kappa shape index (κ2) is 6.55. The summed E-state index contributed by atoms with van der Waals surface area (Å²) in [5, 5.41) is 8.62. The molecule has 0 amide bonds. The van der Waals surface area contributed by atoms with Crippen LogP contribution in [0.2, 0.25) is 0 Å². The lowest BCUT2D eigenvalue weighted by Gasteiger charge is -2.08. The topological polar surface area (TPSA) is 55.6 Å². The Bertz CT molecular complexity index is 1070. The van der Waals surface area contributed by atoms with E-state index in [1.54, 1.807) is 18.2 Å². The molecule has 0 fully saturated rings. The number of hydrogen-bond donors (Lipinski definition) is 1. The van der Waals surface area contributed by atoms with Gasteiger partial charge in [0.05, 0.1) is 11.1 Å². The highest BCUT2D eigenvalue weighted by molar-refractivity contribution is 5.90. The Labute approximate surface area is 150 Å². The molecule has 2 heterocycles. The number of hydrogen-bond acceptors (Lipinski definition) is 4. The third-order valence-corrected chi connectivity index (χ3v) is 4.30. The van der Waals surface area contributed by atoms with Gasteiger partial charge in [0.2, 0.25) is 0 Å². The van der Waals surface area contributed by atoms with Crippen LogP contribution in [0.25, 0.3) is 16.7 Å². The summed E-state index contributed by atoms with van der Waals surface area (Å²) in [6.45, 7) is 4.57. The van der Waals surface area contributed by atoms with Crippen LogP contribution in [-0.2, 0) is 6.54 Å². The van der Waals surface area contributed by atoms with E-state index in [1.807, 2.05) is 6.92 Å². The minimum absolute atomic E-state index is 0.343. The molecular formula is C20H18FN5. The lowest BCUT2D eigenvalue weighted by molar-refractivity contribution is 0.612. The quantitative estimate of drug-likeness (QED) is 0.602. The largest absolute Gasteiger partial charge is 0.365 e. The number of benzene rings is 2. The smallest absolute Gasteiger partial charge is 0.168 e. The Morgan fingerprint density at radius 3 is 2.54 bits per heavy atom. The Balaban J connectivity index is 1.73. The van der Waals surface area contributed by atoms with E-state index in [0.29, 0.717) is 23.7 Å². The maximum atomic E-state index is 14.2. The number of rotatable bonds is 4. The van der Waals surface area contributed by atoms with E-state index >= 15 is 0 Å². The molecule has 0 spiro atoms. The second-order valence-corrected chi connectivity index (χ2v) is 6.21. The van der Waals surface area contributed by atoms with Crippen LogP contribution in [0.1, 0.15) is 16.8 Å². The first-order chi connectivity index (χ1) is 12.6. The van der Waals surface area contributed by atoms with Gasteiger partial charge in [-0.1, -0.05) is 42.0 Å². The Morgan fingerprint density at radius 1 is 1.00 bits per heavy atom. The molecule has 2 aromatic carbocycles. The van der Waals surface area contributed by atoms with Crippen molar-refractivity contribution in [3.63, 3.8) is 0 Å². The van der Waals surface area contributed by atoms with Crippen LogP contribution in [0.3, 0.4) is 0 Å². The van der Waals surface area contributed by atoms with Gasteiger partial charge in [-0.3, -0.25) is 0 Å². The minimum Gasteiger partial charge on any atom is -0.365 e. The zero-order valence-electron chi connectivity index (χ0n) is 14.6. The highest BCUT2D eigenvalue weighted by Crippen LogP contribution is 2.26. The number of nitrogens with zero attached hydrogens (tertiary/aromatic N) is 4. The molecule has 4 rings (SSSR count). The molecule has 0 radical (unpaired) electrons. The number of nitrogens with one attached hydrogen (secondary N) is 1. The van der Waals surface area contributed by atoms with Gasteiger partial charge in [0, 0.05) is 6.54 Å². The summed E-state index contributed by atoms with van der Waals surface area (Å²) in [5.41, 5.74) is 4.07. The number of anilines is 1. The van der Waals surface area contributed by atoms with Gasteiger partial charge in [-0.25, -0.2) is 19.0 Å². The zero-order chi connectivity index (χ0) is 18.1. The first kappa shape index (κ1) is 16.2. The Kier molecular flexibility index (Phi) is 4.08. The predicted octanol–water partition coefficient (Wildman–Crippen LogP) is 4.18. The van der Waals surface area contributed by atoms with Gasteiger partial charge in [0.25, 0.3) is 0 Å². The van der Waals surface area contributed by atoms with Crippen molar-refractivity contribution in [2.24, 2.45) is 0 Å². The van der Waals surface area contributed by atoms with Crippen LogP contribution in [0.5, 0.6) is 0 Å². The first-order valence-corrected chi connectivity index (χ1v) is 8.38. The fourth-order valence-electron chi connectivity index (χ4n) is 2.93. The average molecular weight is 347 g/mol. The summed E-state index contributed by atoms with van der Waals surface area (Å²) in [5.74, 6) is 0.348. The molecule has 0 aliphatic rings. The van der Waals surface area contributed by atoms with E-state index in [9.17, 15) is 4.39 Å². The monoisotopic (exact) mass is 347 g/mol. The highest BCUT2D eigenvalue weighted by Gasteiger charge is 2.16. The third kappa shape index (κ3) is 2.90. The number of halogens is 1. The van der Waals surface area contributed by atoms with Crippen LogP contribution in [0.15, 0.2) is 54.9 Å². The predicted molar refractivity (Wildman–Crippen MR) is 99.9 cm³/mol. The fourth-order valence-corrected chi connectivity index (χ4v) is 2.93. The maximum Gasteiger partial charge on any atom is 0.168 e. The van der Waals surface area contributed by atoms with Crippen molar-refractivity contribution >= 4 is 16.9 Å². The fraction of sp³-hybridized carbons (Fsp3) is 0.150. The summed E-state index contributed by atoms with van der Waals surface area (Å²) in [6.07, 6.45) is 1.47. The molecule has 0 bridgehead atoms. The normalized spacial score (nSPS) is 11.0. The summed E-state index contributed by atoms with van der Waals surface area (Å²) >= 11 is 0. The van der Waals surface area contributed by atoms with Crippen LogP contribution in [0.4, 0.5) is 10.2 Å². The molecule has 26 heavy (non-hydrogen) atoms. The Morgan fingerprint density at radius 2 is 1.77 bits per heavy atom. The van der Waals surface area contributed by atoms with Gasteiger partial charge in [0.15, 0.2) is 5.65 Å². The first-order valence-electron chi connectivity index (χ1n) is 8.38. The number of aryl methyl sites for hydroxylation is 2. The second-order valence-electron chi connectivity index (χ2n) is 6.21. The van der Waals surface area contributed by atoms with Crippen LogP contribution in [0, 0.1) is 19.7 Å². The SMILES string of the molecule is Cc1ccc(CNc2ncnc3c2c(C)nn3-c2ccccc2F)cc1. The number of fused-ring (bicyclic) bond motifs is 1. The van der Waals surface area contributed by atoms with Crippen molar-refractivity contribution in [2.45, 2.75) is 20.4 Å². The van der Waals surface area contributed by atoms with Gasteiger partial charge >= 0.3 is 0 Å². The zero-order valence-corrected chi connectivity index (χ0v) is 14.6. The van der Waals surface area contributed by atoms with E-state index in [0.717, 1.165) is 16.6 Å². The van der Waals surface area contributed by atoms with E-state index in [-0.39, 0.29) is 5.82 Å². The summed E-state index contributed by atoms with van der Waals surface area (Å²) in [7, 11) is 0. The van der Waals surface area contributed by atoms with Crippen molar-refractivity contribution in [3.8, 4) is 5.69 Å². The molecule has 1 N–H and O–H groups in total. The molecule has 4 aromatic rings. The van der Waals surface area contributed by atoms with Gasteiger partial charge in [-0.05, 0) is 31.5 Å². The Hall–Kier alpha value is -3.28. The summed E-state index contributed by atoms with van der Waals surface area (Å²) in [4.78, 5) is 8.69. The van der Waals surface area contributed by atoms with Gasteiger partial charge in [-0.2, -0.15) is 5.10 Å². The maximum absolute atomic E-state index is 14.2. The van der Waals surface area contributed by atoms with Gasteiger partial charge in [-0.15, -0.1) is 0 Å². The van der Waals surface area contributed by atoms with E-state index in [1.165, 1.54) is 22.6 Å². The number of para-hydroxylation sites is 1. The molecule has 0 saturated heterocycles. The van der Waals surface area contributed by atoms with E-state index in [2.05, 4.69) is 51.6 Å². The summed E-state index contributed by atoms with van der Waals surface area (Å²) in [6, 6.07) is 14.8. The molecule has 0 saturated carbocycles. The van der Waals surface area contributed by atoms with Crippen molar-refractivity contribution in [1.82, 2.24) is 19.7 Å². The standard InChI is InChI=1S/C20H18FN5/c1-13-7-9-15(10-8-13)11-22-19-18-14(2)25-26(20(18)24-12-23-19)17-6-4-3-5-16(17)21/h3-10,12H,11H2,1-2H3,(H,22,23,24). The molecule has 6 heteroatoms. The molecule has 130 valence electrons.